The molecule has 2 N–H and O–H groups in total. The molecule has 0 unspecified atom stereocenters. The van der Waals surface area contributed by atoms with Crippen molar-refractivity contribution in [1.29, 1.82) is 0 Å². The van der Waals surface area contributed by atoms with E-state index in [0.29, 0.717) is 6.54 Å². The monoisotopic (exact) mass is 208 g/mol. The van der Waals surface area contributed by atoms with E-state index < -0.39 is 0 Å². The second kappa shape index (κ2) is 3.64. The average molecular weight is 209 g/mol. The largest absolute Gasteiger partial charge is 0.345 e. The molecule has 2 rings (SSSR count). The van der Waals surface area contributed by atoms with E-state index in [0.717, 1.165) is 17.0 Å². The molecule has 2 nitrogen and oxygen atoms in total. The van der Waals surface area contributed by atoms with Crippen molar-refractivity contribution in [2.75, 3.05) is 6.54 Å². The highest BCUT2D eigenvalue weighted by Crippen LogP contribution is 2.26. The van der Waals surface area contributed by atoms with Gasteiger partial charge in [0, 0.05) is 30.2 Å². The highest BCUT2D eigenvalue weighted by molar-refractivity contribution is 6.35. The maximum absolute atomic E-state index is 6.10. The van der Waals surface area contributed by atoms with Crippen molar-refractivity contribution in [3.05, 3.63) is 35.0 Å². The average Bonchev–Trinajstić information content (AvgIpc) is 2.44. The van der Waals surface area contributed by atoms with Gasteiger partial charge in [-0.25, -0.2) is 0 Å². The van der Waals surface area contributed by atoms with Crippen LogP contribution in [0.1, 0.15) is 5.56 Å². The first-order chi connectivity index (χ1) is 6.72. The first-order valence-electron chi connectivity index (χ1n) is 4.67. The quantitative estimate of drug-likeness (QED) is 0.808. The zero-order valence-corrected chi connectivity index (χ0v) is 8.88. The summed E-state index contributed by atoms with van der Waals surface area (Å²) in [7, 11) is 0. The van der Waals surface area contributed by atoms with Gasteiger partial charge in [0.05, 0.1) is 5.02 Å². The van der Waals surface area contributed by atoms with Gasteiger partial charge in [0.25, 0.3) is 0 Å². The Morgan fingerprint density at radius 3 is 2.93 bits per heavy atom. The minimum atomic E-state index is 0.633. The number of hydrogen-bond acceptors (Lipinski definition) is 1. The summed E-state index contributed by atoms with van der Waals surface area (Å²) in [5.41, 5.74) is 7.94. The Balaban J connectivity index is 2.66. The molecule has 1 heterocycles. The number of halogens is 1. The lowest BCUT2D eigenvalue weighted by Crippen LogP contribution is -2.08. The van der Waals surface area contributed by atoms with Crippen molar-refractivity contribution in [1.82, 2.24) is 4.57 Å². The molecule has 0 aliphatic rings. The number of aromatic nitrogens is 1. The van der Waals surface area contributed by atoms with Crippen LogP contribution >= 0.6 is 11.6 Å². The van der Waals surface area contributed by atoms with E-state index in [9.17, 15) is 0 Å². The summed E-state index contributed by atoms with van der Waals surface area (Å²) in [6.07, 6.45) is 1.94. The van der Waals surface area contributed by atoms with Gasteiger partial charge in [-0.1, -0.05) is 23.7 Å². The molecule has 1 aromatic heterocycles. The summed E-state index contributed by atoms with van der Waals surface area (Å²) in [4.78, 5) is 0. The van der Waals surface area contributed by atoms with Gasteiger partial charge in [0.2, 0.25) is 0 Å². The fraction of sp³-hybridized carbons (Fsp3) is 0.273. The van der Waals surface area contributed by atoms with Crippen LogP contribution in [0.4, 0.5) is 0 Å². The first-order valence-corrected chi connectivity index (χ1v) is 5.05. The molecule has 2 aromatic rings. The van der Waals surface area contributed by atoms with Crippen molar-refractivity contribution in [3.8, 4) is 0 Å². The number of nitrogens with two attached hydrogens (primary N) is 1. The predicted molar refractivity (Wildman–Crippen MR) is 60.7 cm³/mol. The lowest BCUT2D eigenvalue weighted by Gasteiger charge is -2.02. The highest BCUT2D eigenvalue weighted by Gasteiger charge is 2.05. The number of hydrogen-bond donors (Lipinski definition) is 1. The van der Waals surface area contributed by atoms with Crippen LogP contribution in [0, 0.1) is 6.92 Å². The Morgan fingerprint density at radius 2 is 2.21 bits per heavy atom. The van der Waals surface area contributed by atoms with Crippen molar-refractivity contribution in [3.63, 3.8) is 0 Å². The molecule has 0 bridgehead atoms. The van der Waals surface area contributed by atoms with Crippen LogP contribution < -0.4 is 5.73 Å². The van der Waals surface area contributed by atoms with Gasteiger partial charge in [-0.3, -0.25) is 0 Å². The maximum atomic E-state index is 6.10. The Bertz CT molecular complexity index is 460. The lowest BCUT2D eigenvalue weighted by molar-refractivity contribution is 0.735. The van der Waals surface area contributed by atoms with Gasteiger partial charge in [-0.15, -0.1) is 0 Å². The molecule has 0 spiro atoms. The van der Waals surface area contributed by atoms with Gasteiger partial charge in [-0.05, 0) is 18.6 Å². The molecular weight excluding hydrogens is 196 g/mol. The summed E-state index contributed by atoms with van der Waals surface area (Å²) in [5, 5.41) is 1.90. The van der Waals surface area contributed by atoms with E-state index in [2.05, 4.69) is 29.7 Å². The molecule has 0 aliphatic heterocycles. The van der Waals surface area contributed by atoms with E-state index >= 15 is 0 Å². The van der Waals surface area contributed by atoms with E-state index in [1.165, 1.54) is 11.1 Å². The number of fused-ring (bicyclic) bond motifs is 1. The topological polar surface area (TPSA) is 30.9 Å². The van der Waals surface area contributed by atoms with Crippen LogP contribution in [0.5, 0.6) is 0 Å². The summed E-state index contributed by atoms with van der Waals surface area (Å²) in [6, 6.07) is 6.26. The van der Waals surface area contributed by atoms with Crippen molar-refractivity contribution in [2.24, 2.45) is 5.73 Å². The first kappa shape index (κ1) is 9.56. The number of rotatable bonds is 2. The molecule has 0 saturated carbocycles. The van der Waals surface area contributed by atoms with Crippen LogP contribution in [0.15, 0.2) is 24.4 Å². The summed E-state index contributed by atoms with van der Waals surface area (Å²) in [5.74, 6) is 0. The number of aryl methyl sites for hydroxylation is 1. The van der Waals surface area contributed by atoms with Crippen LogP contribution in [0.3, 0.4) is 0 Å². The minimum absolute atomic E-state index is 0.633. The second-order valence-electron chi connectivity index (χ2n) is 3.48. The molecule has 0 aliphatic carbocycles. The Hall–Kier alpha value is -0.990. The normalized spacial score (nSPS) is 11.1. The summed E-state index contributed by atoms with van der Waals surface area (Å²) >= 11 is 6.10. The minimum Gasteiger partial charge on any atom is -0.345 e. The second-order valence-corrected chi connectivity index (χ2v) is 3.89. The van der Waals surface area contributed by atoms with Gasteiger partial charge >= 0.3 is 0 Å². The summed E-state index contributed by atoms with van der Waals surface area (Å²) < 4.78 is 2.10. The maximum Gasteiger partial charge on any atom is 0.0661 e. The van der Waals surface area contributed by atoms with Gasteiger partial charge < -0.3 is 10.3 Å². The Morgan fingerprint density at radius 1 is 1.43 bits per heavy atom. The van der Waals surface area contributed by atoms with Crippen molar-refractivity contribution >= 4 is 22.5 Å². The zero-order valence-electron chi connectivity index (χ0n) is 8.13. The van der Waals surface area contributed by atoms with Gasteiger partial charge in [0.15, 0.2) is 0 Å². The fourth-order valence-electron chi connectivity index (χ4n) is 1.68. The van der Waals surface area contributed by atoms with Crippen molar-refractivity contribution in [2.45, 2.75) is 13.5 Å². The molecule has 0 amide bonds. The molecule has 14 heavy (non-hydrogen) atoms. The van der Waals surface area contributed by atoms with E-state index in [1.54, 1.807) is 0 Å². The molecule has 0 fully saturated rings. The van der Waals surface area contributed by atoms with Crippen molar-refractivity contribution < 1.29 is 0 Å². The van der Waals surface area contributed by atoms with E-state index in [4.69, 9.17) is 17.3 Å². The zero-order chi connectivity index (χ0) is 10.1. The molecule has 0 atom stereocenters. The van der Waals surface area contributed by atoms with Crippen LogP contribution in [0.2, 0.25) is 5.02 Å². The molecule has 74 valence electrons. The summed E-state index contributed by atoms with van der Waals surface area (Å²) in [6.45, 7) is 3.52. The third-order valence-electron chi connectivity index (χ3n) is 2.36. The predicted octanol–water partition coefficient (Wildman–Crippen LogP) is 2.56. The molecule has 1 aromatic carbocycles. The number of benzene rings is 1. The van der Waals surface area contributed by atoms with Gasteiger partial charge in [0.1, 0.15) is 0 Å². The molecule has 3 heteroatoms. The molecule has 0 radical (unpaired) electrons. The van der Waals surface area contributed by atoms with Gasteiger partial charge in [-0.2, -0.15) is 0 Å². The van der Waals surface area contributed by atoms with E-state index in [1.807, 2.05) is 6.20 Å². The standard InChI is InChI=1S/C11H13ClN2/c1-8-2-3-9-10(12)7-14(5-4-13)11(9)6-8/h2-3,6-7H,4-5,13H2,1H3. The smallest absolute Gasteiger partial charge is 0.0661 e. The fourth-order valence-corrected chi connectivity index (χ4v) is 1.96. The van der Waals surface area contributed by atoms with Crippen LogP contribution in [-0.2, 0) is 6.54 Å². The Kier molecular flexibility index (Phi) is 2.48. The number of nitrogens with zero attached hydrogens (tertiary/aromatic N) is 1. The third kappa shape index (κ3) is 1.51. The SMILES string of the molecule is Cc1ccc2c(Cl)cn(CCN)c2c1. The Labute approximate surface area is 88.3 Å². The third-order valence-corrected chi connectivity index (χ3v) is 2.66. The van der Waals surface area contributed by atoms with E-state index in [-0.39, 0.29) is 0 Å². The molecular formula is C11H13ClN2. The molecule has 0 saturated heterocycles. The highest BCUT2D eigenvalue weighted by atomic mass is 35.5. The van der Waals surface area contributed by atoms with Crippen LogP contribution in [-0.4, -0.2) is 11.1 Å². The van der Waals surface area contributed by atoms with Crippen LogP contribution in [0.25, 0.3) is 10.9 Å². The lowest BCUT2D eigenvalue weighted by atomic mass is 10.2.